The van der Waals surface area contributed by atoms with Crippen molar-refractivity contribution >= 4 is 11.8 Å². The van der Waals surface area contributed by atoms with E-state index in [4.69, 9.17) is 4.42 Å². The molecule has 0 fully saturated rings. The van der Waals surface area contributed by atoms with Crippen LogP contribution < -0.4 is 0 Å². The molecule has 27 heavy (non-hydrogen) atoms. The standard InChI is InChI=1S/C17H12F2N6OS/c1-10(15-20-21-16(26-15)11-5-7-12(18)8-6-11)27-17-22-23-24-25(17)14-4-2-3-13(19)9-14/h2-10H,1H3/t10-/m0/s1. The Balaban J connectivity index is 1.55. The molecule has 0 radical (unpaired) electrons. The Morgan fingerprint density at radius 3 is 2.59 bits per heavy atom. The Bertz CT molecular complexity index is 1070. The highest BCUT2D eigenvalue weighted by Gasteiger charge is 2.20. The van der Waals surface area contributed by atoms with Crippen molar-refractivity contribution in [3.05, 3.63) is 66.1 Å². The van der Waals surface area contributed by atoms with E-state index < -0.39 is 0 Å². The van der Waals surface area contributed by atoms with Crippen molar-refractivity contribution < 1.29 is 13.2 Å². The Morgan fingerprint density at radius 1 is 1.00 bits per heavy atom. The summed E-state index contributed by atoms with van der Waals surface area (Å²) in [6.45, 7) is 1.86. The number of nitrogens with zero attached hydrogens (tertiary/aromatic N) is 6. The lowest BCUT2D eigenvalue weighted by atomic mass is 10.2. The number of benzene rings is 2. The second-order valence-electron chi connectivity index (χ2n) is 5.57. The number of halogens is 2. The van der Waals surface area contributed by atoms with Crippen LogP contribution in [0.4, 0.5) is 8.78 Å². The molecule has 0 saturated carbocycles. The number of thioether (sulfide) groups is 1. The molecule has 1 atom stereocenters. The van der Waals surface area contributed by atoms with E-state index in [0.717, 1.165) is 0 Å². The molecule has 0 aliphatic carbocycles. The first-order chi connectivity index (χ1) is 13.1. The van der Waals surface area contributed by atoms with E-state index in [9.17, 15) is 8.78 Å². The summed E-state index contributed by atoms with van der Waals surface area (Å²) in [5, 5.41) is 19.8. The van der Waals surface area contributed by atoms with Gasteiger partial charge in [0, 0.05) is 5.56 Å². The first-order valence-electron chi connectivity index (χ1n) is 7.90. The van der Waals surface area contributed by atoms with Crippen molar-refractivity contribution in [2.45, 2.75) is 17.3 Å². The van der Waals surface area contributed by atoms with Crippen LogP contribution in [-0.4, -0.2) is 30.4 Å². The summed E-state index contributed by atoms with van der Waals surface area (Å²) in [7, 11) is 0. The van der Waals surface area contributed by atoms with Gasteiger partial charge in [0.1, 0.15) is 11.6 Å². The number of hydrogen-bond donors (Lipinski definition) is 0. The highest BCUT2D eigenvalue weighted by molar-refractivity contribution is 7.99. The van der Waals surface area contributed by atoms with Gasteiger partial charge in [-0.2, -0.15) is 4.68 Å². The second kappa shape index (κ2) is 7.23. The van der Waals surface area contributed by atoms with Crippen molar-refractivity contribution in [2.24, 2.45) is 0 Å². The predicted octanol–water partition coefficient (Wildman–Crippen LogP) is 3.84. The van der Waals surface area contributed by atoms with Crippen molar-refractivity contribution in [1.82, 2.24) is 30.4 Å². The number of tetrazole rings is 1. The van der Waals surface area contributed by atoms with Crippen LogP contribution in [0.1, 0.15) is 18.1 Å². The van der Waals surface area contributed by atoms with Gasteiger partial charge >= 0.3 is 0 Å². The summed E-state index contributed by atoms with van der Waals surface area (Å²) >= 11 is 1.29. The SMILES string of the molecule is C[C@H](Sc1nnnn1-c1cccc(F)c1)c1nnc(-c2ccc(F)cc2)o1. The lowest BCUT2D eigenvalue weighted by Crippen LogP contribution is -2.00. The lowest BCUT2D eigenvalue weighted by Gasteiger charge is -2.07. The normalized spacial score (nSPS) is 12.3. The maximum atomic E-state index is 13.5. The zero-order valence-corrected chi connectivity index (χ0v) is 14.8. The molecule has 136 valence electrons. The molecule has 0 amide bonds. The van der Waals surface area contributed by atoms with Gasteiger partial charge in [-0.15, -0.1) is 15.3 Å². The summed E-state index contributed by atoms with van der Waals surface area (Å²) in [5.74, 6) is -0.0604. The van der Waals surface area contributed by atoms with E-state index in [2.05, 4.69) is 25.7 Å². The van der Waals surface area contributed by atoms with Crippen LogP contribution in [0.15, 0.2) is 58.1 Å². The molecule has 0 aliphatic rings. The minimum Gasteiger partial charge on any atom is -0.419 e. The Hall–Kier alpha value is -3.14. The Labute approximate surface area is 156 Å². The molecule has 4 aromatic rings. The van der Waals surface area contributed by atoms with Crippen molar-refractivity contribution in [3.8, 4) is 17.1 Å². The fourth-order valence-corrected chi connectivity index (χ4v) is 3.18. The maximum Gasteiger partial charge on any atom is 0.247 e. The van der Waals surface area contributed by atoms with Crippen molar-refractivity contribution in [2.75, 3.05) is 0 Å². The second-order valence-corrected chi connectivity index (χ2v) is 6.87. The van der Waals surface area contributed by atoms with Crippen LogP contribution >= 0.6 is 11.8 Å². The third-order valence-electron chi connectivity index (χ3n) is 3.66. The molecule has 0 aliphatic heterocycles. The molecule has 0 bridgehead atoms. The topological polar surface area (TPSA) is 82.5 Å². The number of aromatic nitrogens is 6. The summed E-state index contributed by atoms with van der Waals surface area (Å²) in [4.78, 5) is 0. The first-order valence-corrected chi connectivity index (χ1v) is 8.78. The minimum absolute atomic E-state index is 0.259. The van der Waals surface area contributed by atoms with Crippen molar-refractivity contribution in [3.63, 3.8) is 0 Å². The third-order valence-corrected chi connectivity index (χ3v) is 4.68. The molecule has 0 spiro atoms. The monoisotopic (exact) mass is 386 g/mol. The number of rotatable bonds is 5. The van der Waals surface area contributed by atoms with Gasteiger partial charge in [0.05, 0.1) is 10.9 Å². The Morgan fingerprint density at radius 2 is 1.81 bits per heavy atom. The maximum absolute atomic E-state index is 13.5. The zero-order valence-electron chi connectivity index (χ0n) is 14.0. The highest BCUT2D eigenvalue weighted by atomic mass is 32.2. The van der Waals surface area contributed by atoms with Gasteiger partial charge in [0.25, 0.3) is 0 Å². The van der Waals surface area contributed by atoms with Crippen LogP contribution in [0, 0.1) is 11.6 Å². The zero-order chi connectivity index (χ0) is 18.8. The van der Waals surface area contributed by atoms with Gasteiger partial charge in [-0.05, 0) is 59.8 Å². The lowest BCUT2D eigenvalue weighted by molar-refractivity contribution is 0.508. The van der Waals surface area contributed by atoms with Gasteiger partial charge in [-0.3, -0.25) is 0 Å². The Kier molecular flexibility index (Phi) is 4.63. The van der Waals surface area contributed by atoms with Gasteiger partial charge in [0.2, 0.25) is 16.9 Å². The van der Waals surface area contributed by atoms with Crippen LogP contribution in [0.3, 0.4) is 0 Å². The average Bonchev–Trinajstić information content (AvgIpc) is 3.32. The van der Waals surface area contributed by atoms with Gasteiger partial charge in [-0.1, -0.05) is 17.8 Å². The minimum atomic E-state index is -0.382. The summed E-state index contributed by atoms with van der Waals surface area (Å²) in [6, 6.07) is 11.7. The molecule has 0 saturated heterocycles. The molecule has 0 unspecified atom stereocenters. The van der Waals surface area contributed by atoms with Crippen LogP contribution in [0.5, 0.6) is 0 Å². The molecular formula is C17H12F2N6OS. The van der Waals surface area contributed by atoms with E-state index in [1.54, 1.807) is 24.3 Å². The predicted molar refractivity (Wildman–Crippen MR) is 93.1 cm³/mol. The van der Waals surface area contributed by atoms with E-state index in [1.807, 2.05) is 6.92 Å². The molecule has 0 N–H and O–H groups in total. The molecular weight excluding hydrogens is 374 g/mol. The van der Waals surface area contributed by atoms with Crippen LogP contribution in [0.25, 0.3) is 17.1 Å². The van der Waals surface area contributed by atoms with Gasteiger partial charge < -0.3 is 4.42 Å². The summed E-state index contributed by atoms with van der Waals surface area (Å²) < 4.78 is 33.6. The summed E-state index contributed by atoms with van der Waals surface area (Å²) in [5.41, 5.74) is 1.13. The molecule has 4 rings (SSSR count). The molecule has 2 aromatic heterocycles. The van der Waals surface area contributed by atoms with E-state index in [-0.39, 0.29) is 16.9 Å². The van der Waals surface area contributed by atoms with E-state index in [0.29, 0.717) is 28.2 Å². The molecule has 7 nitrogen and oxygen atoms in total. The molecule has 2 aromatic carbocycles. The fraction of sp³-hybridized carbons (Fsp3) is 0.118. The summed E-state index contributed by atoms with van der Waals surface area (Å²) in [6.07, 6.45) is 0. The highest BCUT2D eigenvalue weighted by Crippen LogP contribution is 2.34. The van der Waals surface area contributed by atoms with Crippen molar-refractivity contribution in [1.29, 1.82) is 0 Å². The van der Waals surface area contributed by atoms with Crippen LogP contribution in [0.2, 0.25) is 0 Å². The number of hydrogen-bond acceptors (Lipinski definition) is 7. The molecule has 10 heteroatoms. The quantitative estimate of drug-likeness (QED) is 0.482. The van der Waals surface area contributed by atoms with Gasteiger partial charge in [-0.25, -0.2) is 8.78 Å². The average molecular weight is 386 g/mol. The van der Waals surface area contributed by atoms with Crippen LogP contribution in [-0.2, 0) is 0 Å². The van der Waals surface area contributed by atoms with Gasteiger partial charge in [0.15, 0.2) is 0 Å². The largest absolute Gasteiger partial charge is 0.419 e. The fourth-order valence-electron chi connectivity index (χ4n) is 2.34. The molecule has 2 heterocycles. The van der Waals surface area contributed by atoms with E-state index >= 15 is 0 Å². The van der Waals surface area contributed by atoms with E-state index in [1.165, 1.54) is 40.7 Å². The smallest absolute Gasteiger partial charge is 0.247 e. The first kappa shape index (κ1) is 17.3. The third kappa shape index (κ3) is 3.70.